The van der Waals surface area contributed by atoms with Crippen LogP contribution in [0.2, 0.25) is 0 Å². The van der Waals surface area contributed by atoms with E-state index in [1.807, 2.05) is 23.9 Å². The van der Waals surface area contributed by atoms with Crippen LogP contribution < -0.4 is 21.8 Å². The minimum Gasteiger partial charge on any atom is -0.399 e. The van der Waals surface area contributed by atoms with E-state index in [2.05, 4.69) is 60.3 Å². The highest BCUT2D eigenvalue weighted by molar-refractivity contribution is 8.00. The van der Waals surface area contributed by atoms with Gasteiger partial charge in [-0.25, -0.2) is 0 Å². The molecule has 1 aromatic carbocycles. The number of hydrogen-bond donors (Lipinski definition) is 4. The van der Waals surface area contributed by atoms with E-state index < -0.39 is 0 Å². The summed E-state index contributed by atoms with van der Waals surface area (Å²) in [5, 5.41) is 12.7. The third-order valence-corrected chi connectivity index (χ3v) is 7.87. The van der Waals surface area contributed by atoms with Crippen LogP contribution >= 0.6 is 11.8 Å². The maximum Gasteiger partial charge on any atom is 0.0623 e. The second-order valence-electron chi connectivity index (χ2n) is 8.84. The maximum atomic E-state index is 5.85. The Kier molecular flexibility index (Phi) is 5.72. The molecule has 5 atom stereocenters. The van der Waals surface area contributed by atoms with Gasteiger partial charge >= 0.3 is 0 Å². The molecule has 2 heterocycles. The van der Waals surface area contributed by atoms with E-state index in [0.29, 0.717) is 23.4 Å². The average Bonchev–Trinajstić information content (AvgIpc) is 3.15. The van der Waals surface area contributed by atoms with Crippen molar-refractivity contribution < 1.29 is 0 Å². The molecule has 1 spiro atoms. The summed E-state index contributed by atoms with van der Waals surface area (Å²) in [6.45, 7) is 7.94. The second kappa shape index (κ2) is 8.09. The molecule has 0 bridgehead atoms. The van der Waals surface area contributed by atoms with Gasteiger partial charge in [0, 0.05) is 41.7 Å². The van der Waals surface area contributed by atoms with Crippen molar-refractivity contribution in [3.63, 3.8) is 0 Å². The van der Waals surface area contributed by atoms with E-state index >= 15 is 0 Å². The molecule has 28 heavy (non-hydrogen) atoms. The molecule has 4 rings (SSSR count). The Bertz CT molecular complexity index is 759. The van der Waals surface area contributed by atoms with E-state index in [4.69, 9.17) is 5.73 Å². The molecule has 0 aromatic heterocycles. The summed E-state index contributed by atoms with van der Waals surface area (Å²) in [5.41, 5.74) is 13.7. The Labute approximate surface area is 173 Å². The Morgan fingerprint density at radius 1 is 1.29 bits per heavy atom. The fourth-order valence-corrected chi connectivity index (χ4v) is 6.04. The van der Waals surface area contributed by atoms with Crippen LogP contribution in [0.4, 0.5) is 5.69 Å². The molecule has 1 saturated carbocycles. The number of nitrogens with one attached hydrogen (secondary N) is 3. The third-order valence-electron chi connectivity index (χ3n) is 6.64. The Morgan fingerprint density at radius 2 is 2.07 bits per heavy atom. The van der Waals surface area contributed by atoms with E-state index in [1.54, 1.807) is 0 Å². The van der Waals surface area contributed by atoms with E-state index in [-0.39, 0.29) is 5.41 Å². The standard InChI is InChI=1S/C22H33N5S/c1-14-9-22(13-25-27-21(14)17-4-6-18(23)7-5-17)10-19(8-15(22)2)24-11-20-12-28-16(3)26-20/h4-7,13,15-16,19-20,24,26-27H,8-12,23H2,1-3H3/t15-,16?,19?,20?,22?/m1/s1. The van der Waals surface area contributed by atoms with Crippen molar-refractivity contribution in [1.29, 1.82) is 0 Å². The van der Waals surface area contributed by atoms with Gasteiger partial charge in [-0.3, -0.25) is 5.43 Å². The van der Waals surface area contributed by atoms with E-state index in [9.17, 15) is 0 Å². The zero-order chi connectivity index (χ0) is 19.7. The molecule has 0 radical (unpaired) electrons. The Balaban J connectivity index is 1.45. The van der Waals surface area contributed by atoms with Crippen LogP contribution in [0.3, 0.4) is 0 Å². The maximum absolute atomic E-state index is 5.85. The van der Waals surface area contributed by atoms with Crippen molar-refractivity contribution in [3.8, 4) is 0 Å². The fraction of sp³-hybridized carbons (Fsp3) is 0.591. The van der Waals surface area contributed by atoms with Crippen LogP contribution in [-0.4, -0.2) is 36.0 Å². The highest BCUT2D eigenvalue weighted by Crippen LogP contribution is 2.47. The van der Waals surface area contributed by atoms with Gasteiger partial charge in [0.15, 0.2) is 0 Å². The molecular weight excluding hydrogens is 366 g/mol. The first kappa shape index (κ1) is 19.8. The minimum atomic E-state index is 0.134. The largest absolute Gasteiger partial charge is 0.399 e. The monoisotopic (exact) mass is 399 g/mol. The number of nitrogens with two attached hydrogens (primary N) is 1. The lowest BCUT2D eigenvalue weighted by atomic mass is 9.74. The Morgan fingerprint density at radius 3 is 2.79 bits per heavy atom. The minimum absolute atomic E-state index is 0.134. The number of benzene rings is 1. The number of rotatable bonds is 4. The summed E-state index contributed by atoms with van der Waals surface area (Å²) in [6.07, 6.45) is 5.61. The van der Waals surface area contributed by atoms with Crippen molar-refractivity contribution >= 4 is 29.4 Å². The van der Waals surface area contributed by atoms with Crippen molar-refractivity contribution in [2.45, 2.75) is 57.5 Å². The van der Waals surface area contributed by atoms with E-state index in [1.165, 1.54) is 17.7 Å². The zero-order valence-corrected chi connectivity index (χ0v) is 18.0. The Hall–Kier alpha value is -1.50. The quantitative estimate of drug-likeness (QED) is 0.584. The number of allylic oxidation sites excluding steroid dienone is 1. The summed E-state index contributed by atoms with van der Waals surface area (Å²) in [7, 11) is 0. The molecule has 5 N–H and O–H groups in total. The van der Waals surface area contributed by atoms with Gasteiger partial charge < -0.3 is 16.4 Å². The highest BCUT2D eigenvalue weighted by atomic mass is 32.2. The molecule has 1 aromatic rings. The fourth-order valence-electron chi connectivity index (χ4n) is 5.01. The molecular formula is C22H33N5S. The lowest BCUT2D eigenvalue weighted by molar-refractivity contribution is 0.331. The first-order valence-corrected chi connectivity index (χ1v) is 11.5. The smallest absolute Gasteiger partial charge is 0.0623 e. The third kappa shape index (κ3) is 4.09. The summed E-state index contributed by atoms with van der Waals surface area (Å²) in [6, 6.07) is 9.21. The van der Waals surface area contributed by atoms with Crippen molar-refractivity contribution in [2.24, 2.45) is 16.4 Å². The van der Waals surface area contributed by atoms with Crippen LogP contribution in [0.25, 0.3) is 5.70 Å². The van der Waals surface area contributed by atoms with Gasteiger partial charge in [-0.1, -0.05) is 19.1 Å². The number of hydrogen-bond acceptors (Lipinski definition) is 6. The van der Waals surface area contributed by atoms with Gasteiger partial charge in [-0.15, -0.1) is 11.8 Å². The summed E-state index contributed by atoms with van der Waals surface area (Å²) in [4.78, 5) is 0. The first-order valence-electron chi connectivity index (χ1n) is 10.4. The van der Waals surface area contributed by atoms with Crippen LogP contribution in [0.5, 0.6) is 0 Å². The normalized spacial score (nSPS) is 35.4. The van der Waals surface area contributed by atoms with E-state index in [0.717, 1.165) is 36.3 Å². The van der Waals surface area contributed by atoms with Gasteiger partial charge in [-0.05, 0) is 62.3 Å². The van der Waals surface area contributed by atoms with Crippen LogP contribution in [0.1, 0.15) is 45.6 Å². The second-order valence-corrected chi connectivity index (χ2v) is 10.2. The molecule has 6 heteroatoms. The van der Waals surface area contributed by atoms with Crippen molar-refractivity contribution in [3.05, 3.63) is 35.4 Å². The number of nitrogens with zero attached hydrogens (tertiary/aromatic N) is 1. The van der Waals surface area contributed by atoms with Crippen molar-refractivity contribution in [2.75, 3.05) is 18.0 Å². The number of thioether (sulfide) groups is 1. The average molecular weight is 400 g/mol. The highest BCUT2D eigenvalue weighted by Gasteiger charge is 2.45. The lowest BCUT2D eigenvalue weighted by Crippen LogP contribution is -2.41. The summed E-state index contributed by atoms with van der Waals surface area (Å²) in [5.74, 6) is 1.82. The zero-order valence-electron chi connectivity index (χ0n) is 17.2. The topological polar surface area (TPSA) is 74.5 Å². The number of hydrazone groups is 1. The van der Waals surface area contributed by atoms with Crippen LogP contribution in [0.15, 0.2) is 34.9 Å². The number of anilines is 1. The summed E-state index contributed by atoms with van der Waals surface area (Å²) < 4.78 is 0. The number of nitrogen functional groups attached to an aromatic ring is 1. The van der Waals surface area contributed by atoms with Crippen LogP contribution in [-0.2, 0) is 0 Å². The molecule has 4 unspecified atom stereocenters. The van der Waals surface area contributed by atoms with Gasteiger partial charge in [0.1, 0.15) is 0 Å². The molecule has 2 fully saturated rings. The summed E-state index contributed by atoms with van der Waals surface area (Å²) >= 11 is 2.02. The molecule has 1 aliphatic carbocycles. The molecule has 1 saturated heterocycles. The molecule has 152 valence electrons. The van der Waals surface area contributed by atoms with Crippen molar-refractivity contribution in [1.82, 2.24) is 16.1 Å². The predicted molar refractivity (Wildman–Crippen MR) is 121 cm³/mol. The molecule has 5 nitrogen and oxygen atoms in total. The first-order chi connectivity index (χ1) is 13.4. The van der Waals surface area contributed by atoms with Gasteiger partial charge in [0.05, 0.1) is 11.1 Å². The molecule has 0 amide bonds. The van der Waals surface area contributed by atoms with Crippen LogP contribution in [0, 0.1) is 11.3 Å². The van der Waals surface area contributed by atoms with Gasteiger partial charge in [0.25, 0.3) is 0 Å². The SMILES string of the molecule is CC1=C(c2ccc(N)cc2)NN=CC2(C1)CC(NCC1CSC(C)N1)C[C@H]2C. The van der Waals surface area contributed by atoms with Gasteiger partial charge in [-0.2, -0.15) is 5.10 Å². The lowest BCUT2D eigenvalue weighted by Gasteiger charge is -2.29. The molecule has 3 aliphatic rings. The molecule has 2 aliphatic heterocycles. The predicted octanol–water partition coefficient (Wildman–Crippen LogP) is 3.40. The van der Waals surface area contributed by atoms with Gasteiger partial charge in [0.2, 0.25) is 0 Å².